The molecule has 6 rings (SSSR count). The number of nitrogens with zero attached hydrogens (tertiary/aromatic N) is 1. The molecular weight excluding hydrogens is 624 g/mol. The van der Waals surface area contributed by atoms with Crippen molar-refractivity contribution in [1.82, 2.24) is 10.2 Å². The van der Waals surface area contributed by atoms with E-state index in [2.05, 4.69) is 5.32 Å². The molecule has 10 nitrogen and oxygen atoms in total. The van der Waals surface area contributed by atoms with Crippen molar-refractivity contribution in [2.75, 3.05) is 54.6 Å². The first-order valence-electron chi connectivity index (χ1n) is 17.7. The summed E-state index contributed by atoms with van der Waals surface area (Å²) in [6.07, 6.45) is 7.42. The quantitative estimate of drug-likeness (QED) is 0.333. The third kappa shape index (κ3) is 8.69. The molecule has 2 aromatic carbocycles. The fourth-order valence-corrected chi connectivity index (χ4v) is 7.78. The number of Topliss-reactive ketones (excluding diaryl/α,β-unsaturated/α-hetero) is 2. The van der Waals surface area contributed by atoms with Crippen LogP contribution in [-0.2, 0) is 17.6 Å². The van der Waals surface area contributed by atoms with Crippen LogP contribution in [0.5, 0.6) is 23.0 Å². The molecule has 49 heavy (non-hydrogen) atoms. The van der Waals surface area contributed by atoms with E-state index < -0.39 is 5.60 Å². The molecule has 2 aliphatic carbocycles. The van der Waals surface area contributed by atoms with Crippen LogP contribution in [0.25, 0.3) is 0 Å². The molecule has 4 aliphatic rings. The maximum Gasteiger partial charge on any atom is 0.410 e. The van der Waals surface area contributed by atoms with Crippen LogP contribution in [0.3, 0.4) is 0 Å². The summed E-state index contributed by atoms with van der Waals surface area (Å²) in [5.74, 6) is 4.38. The van der Waals surface area contributed by atoms with Gasteiger partial charge in [0.25, 0.3) is 0 Å². The molecule has 2 unspecified atom stereocenters. The summed E-state index contributed by atoms with van der Waals surface area (Å²) in [5.41, 5.74) is 3.26. The number of fused-ring (bicyclic) bond motifs is 2. The molecule has 10 heteroatoms. The van der Waals surface area contributed by atoms with E-state index >= 15 is 0 Å². The molecule has 0 saturated carbocycles. The molecule has 2 atom stereocenters. The van der Waals surface area contributed by atoms with Gasteiger partial charge in [-0.2, -0.15) is 0 Å². The van der Waals surface area contributed by atoms with Crippen molar-refractivity contribution in [2.24, 2.45) is 23.7 Å². The Morgan fingerprint density at radius 3 is 1.51 bits per heavy atom. The van der Waals surface area contributed by atoms with Crippen molar-refractivity contribution in [1.29, 1.82) is 0 Å². The summed E-state index contributed by atoms with van der Waals surface area (Å²) in [7, 11) is 6.43. The van der Waals surface area contributed by atoms with Crippen molar-refractivity contribution in [2.45, 2.75) is 77.7 Å². The SMILES string of the molecule is COc1cc2c(cc1OC)C(=O)C(CC1CCN(C(=O)OC(C)(C)C)CC1)C2.COc1cc2c(cc1OC)C(=O)C(CC1CCNCC1)C2. The van der Waals surface area contributed by atoms with Gasteiger partial charge in [0.2, 0.25) is 0 Å². The van der Waals surface area contributed by atoms with Crippen LogP contribution in [0.1, 0.15) is 91.1 Å². The zero-order chi connectivity index (χ0) is 35.3. The van der Waals surface area contributed by atoms with Crippen molar-refractivity contribution < 1.29 is 38.1 Å². The summed E-state index contributed by atoms with van der Waals surface area (Å²) >= 11 is 0. The van der Waals surface area contributed by atoms with Gasteiger partial charge in [-0.25, -0.2) is 4.79 Å². The maximum atomic E-state index is 12.9. The Kier molecular flexibility index (Phi) is 11.8. The zero-order valence-corrected chi connectivity index (χ0v) is 30.3. The molecule has 2 fully saturated rings. The van der Waals surface area contributed by atoms with Gasteiger partial charge >= 0.3 is 6.09 Å². The lowest BCUT2D eigenvalue weighted by atomic mass is 9.85. The summed E-state index contributed by atoms with van der Waals surface area (Å²) in [5, 5.41) is 3.38. The molecule has 1 N–H and O–H groups in total. The lowest BCUT2D eigenvalue weighted by molar-refractivity contribution is 0.0175. The number of piperidine rings is 2. The van der Waals surface area contributed by atoms with Gasteiger partial charge in [-0.1, -0.05) is 0 Å². The van der Waals surface area contributed by atoms with Gasteiger partial charge in [0, 0.05) is 36.1 Å². The Bertz CT molecular complexity index is 1500. The second-order valence-corrected chi connectivity index (χ2v) is 14.8. The zero-order valence-electron chi connectivity index (χ0n) is 30.3. The highest BCUT2D eigenvalue weighted by molar-refractivity contribution is 6.03. The number of carbonyl (C=O) groups is 3. The van der Waals surface area contributed by atoms with Crippen LogP contribution >= 0.6 is 0 Å². The van der Waals surface area contributed by atoms with Gasteiger partial charge in [-0.3, -0.25) is 9.59 Å². The number of nitrogens with one attached hydrogen (secondary N) is 1. The lowest BCUT2D eigenvalue weighted by Gasteiger charge is -2.34. The molecule has 2 heterocycles. The van der Waals surface area contributed by atoms with Gasteiger partial charge in [0.1, 0.15) is 5.60 Å². The Labute approximate surface area is 291 Å². The van der Waals surface area contributed by atoms with Crippen LogP contribution < -0.4 is 24.3 Å². The summed E-state index contributed by atoms with van der Waals surface area (Å²) in [6.45, 7) is 9.19. The minimum Gasteiger partial charge on any atom is -0.493 e. The topological polar surface area (TPSA) is 113 Å². The minimum atomic E-state index is -0.474. The number of benzene rings is 2. The van der Waals surface area contributed by atoms with Gasteiger partial charge in [-0.15, -0.1) is 0 Å². The number of amides is 1. The first-order chi connectivity index (χ1) is 23.4. The molecular formula is C39H54N2O8. The number of rotatable bonds is 8. The van der Waals surface area contributed by atoms with Crippen LogP contribution in [0.4, 0.5) is 4.79 Å². The van der Waals surface area contributed by atoms with E-state index in [9.17, 15) is 14.4 Å². The predicted octanol–water partition coefficient (Wildman–Crippen LogP) is 6.54. The third-order valence-electron chi connectivity index (χ3n) is 10.4. The van der Waals surface area contributed by atoms with E-state index in [1.807, 2.05) is 45.0 Å². The van der Waals surface area contributed by atoms with Crippen molar-refractivity contribution >= 4 is 17.7 Å². The first-order valence-corrected chi connectivity index (χ1v) is 17.7. The summed E-state index contributed by atoms with van der Waals surface area (Å²) < 4.78 is 26.8. The average Bonchev–Trinajstić information content (AvgIpc) is 3.56. The number of ketones is 2. The van der Waals surface area contributed by atoms with E-state index in [1.54, 1.807) is 33.3 Å². The van der Waals surface area contributed by atoms with Gasteiger partial charge in [0.15, 0.2) is 34.6 Å². The van der Waals surface area contributed by atoms with Gasteiger partial charge in [-0.05, 0) is 132 Å². The Hall–Kier alpha value is -3.79. The average molecular weight is 679 g/mol. The van der Waals surface area contributed by atoms with E-state index in [4.69, 9.17) is 23.7 Å². The lowest BCUT2D eigenvalue weighted by Crippen LogP contribution is -2.42. The van der Waals surface area contributed by atoms with Crippen LogP contribution in [0.15, 0.2) is 24.3 Å². The van der Waals surface area contributed by atoms with Crippen molar-refractivity contribution in [3.05, 3.63) is 46.5 Å². The molecule has 2 saturated heterocycles. The number of carbonyl (C=O) groups excluding carboxylic acids is 3. The number of methoxy groups -OCH3 is 4. The standard InChI is InChI=1S/C22H31NO5.C17H23NO3/c1-22(2,3)28-21(25)23-8-6-14(7-9-23)10-16-11-15-12-18(26-4)19(27-5)13-17(15)20(16)24;1-20-15-9-12-8-13(7-11-3-5-18-6-4-11)17(19)14(12)10-16(15)21-2/h12-14,16H,6-11H2,1-5H3;9-11,13,18H,3-8H2,1-2H3. The molecule has 268 valence electrons. The Morgan fingerprint density at radius 1 is 0.694 bits per heavy atom. The van der Waals surface area contributed by atoms with Gasteiger partial charge < -0.3 is 33.9 Å². The van der Waals surface area contributed by atoms with Crippen LogP contribution in [0.2, 0.25) is 0 Å². The highest BCUT2D eigenvalue weighted by Gasteiger charge is 2.36. The highest BCUT2D eigenvalue weighted by atomic mass is 16.6. The third-order valence-corrected chi connectivity index (χ3v) is 10.4. The number of hydrogen-bond donors (Lipinski definition) is 1. The largest absolute Gasteiger partial charge is 0.493 e. The molecule has 0 radical (unpaired) electrons. The summed E-state index contributed by atoms with van der Waals surface area (Å²) in [4.78, 5) is 39.5. The highest BCUT2D eigenvalue weighted by Crippen LogP contribution is 2.41. The van der Waals surface area contributed by atoms with E-state index in [1.165, 1.54) is 12.8 Å². The smallest absolute Gasteiger partial charge is 0.410 e. The number of hydrogen-bond acceptors (Lipinski definition) is 9. The predicted molar refractivity (Wildman–Crippen MR) is 187 cm³/mol. The van der Waals surface area contributed by atoms with Gasteiger partial charge in [0.05, 0.1) is 28.4 Å². The van der Waals surface area contributed by atoms with Crippen molar-refractivity contribution in [3.63, 3.8) is 0 Å². The second kappa shape index (κ2) is 15.8. The molecule has 2 aliphatic heterocycles. The second-order valence-electron chi connectivity index (χ2n) is 14.8. The molecule has 0 bridgehead atoms. The van der Waals surface area contributed by atoms with Crippen LogP contribution in [0, 0.1) is 23.7 Å². The maximum absolute atomic E-state index is 12.9. The van der Waals surface area contributed by atoms with Crippen LogP contribution in [-0.4, -0.2) is 82.8 Å². The molecule has 1 amide bonds. The fourth-order valence-electron chi connectivity index (χ4n) is 7.78. The molecule has 0 spiro atoms. The Morgan fingerprint density at radius 2 is 1.10 bits per heavy atom. The normalized spacial score (nSPS) is 21.0. The van der Waals surface area contributed by atoms with E-state index in [0.717, 1.165) is 73.9 Å². The number of likely N-dealkylation sites (tertiary alicyclic amines) is 1. The minimum absolute atomic E-state index is 0.00453. The van der Waals surface area contributed by atoms with Crippen molar-refractivity contribution in [3.8, 4) is 23.0 Å². The molecule has 2 aromatic rings. The summed E-state index contributed by atoms with van der Waals surface area (Å²) in [6, 6.07) is 7.55. The van der Waals surface area contributed by atoms with E-state index in [-0.39, 0.29) is 29.5 Å². The number of ether oxygens (including phenoxy) is 5. The monoisotopic (exact) mass is 678 g/mol. The first kappa shape index (κ1) is 36.5. The fraction of sp³-hybridized carbons (Fsp3) is 0.615. The van der Waals surface area contributed by atoms with E-state index in [0.29, 0.717) is 47.9 Å². The molecule has 0 aromatic heterocycles. The Balaban J connectivity index is 0.000000199.